The van der Waals surface area contributed by atoms with Crippen molar-refractivity contribution < 1.29 is 31.9 Å². The molecule has 0 aliphatic carbocycles. The first kappa shape index (κ1) is 11.3. The van der Waals surface area contributed by atoms with Crippen LogP contribution in [-0.2, 0) is 10.9 Å². The van der Waals surface area contributed by atoms with E-state index in [0.717, 1.165) is 7.11 Å². The quantitative estimate of drug-likeness (QED) is 0.566. The van der Waals surface area contributed by atoms with Gasteiger partial charge in [-0.2, -0.15) is 13.2 Å². The Hall–Kier alpha value is -1.79. The maximum absolute atomic E-state index is 12.3. The zero-order valence-electron chi connectivity index (χ0n) is 7.42. The summed E-state index contributed by atoms with van der Waals surface area (Å²) >= 11 is 0. The van der Waals surface area contributed by atoms with E-state index >= 15 is 0 Å². The molecule has 0 aliphatic heterocycles. The van der Waals surface area contributed by atoms with Gasteiger partial charge in [-0.3, -0.25) is 4.79 Å². The molecule has 1 heterocycles. The summed E-state index contributed by atoms with van der Waals surface area (Å²) in [4.78, 5) is 21.1. The molecule has 7 heteroatoms. The van der Waals surface area contributed by atoms with Gasteiger partial charge in [0.15, 0.2) is 12.0 Å². The van der Waals surface area contributed by atoms with Crippen molar-refractivity contribution in [3.05, 3.63) is 23.2 Å². The van der Waals surface area contributed by atoms with E-state index < -0.39 is 29.2 Å². The Kier molecular flexibility index (Phi) is 2.83. The van der Waals surface area contributed by atoms with E-state index in [2.05, 4.69) is 9.15 Å². The lowest BCUT2D eigenvalue weighted by molar-refractivity contribution is -0.153. The zero-order chi connectivity index (χ0) is 11.6. The van der Waals surface area contributed by atoms with Crippen LogP contribution < -0.4 is 0 Å². The minimum Gasteiger partial charge on any atom is -0.465 e. The fourth-order valence-corrected chi connectivity index (χ4v) is 0.940. The summed E-state index contributed by atoms with van der Waals surface area (Å²) in [5.74, 6) is -3.32. The van der Waals surface area contributed by atoms with Crippen molar-refractivity contribution in [1.82, 2.24) is 0 Å². The fraction of sp³-hybridized carbons (Fsp3) is 0.250. The van der Waals surface area contributed by atoms with Crippen LogP contribution in [0, 0.1) is 0 Å². The minimum absolute atomic E-state index is 0.0711. The molecule has 0 unspecified atom stereocenters. The van der Waals surface area contributed by atoms with E-state index in [1.165, 1.54) is 0 Å². The van der Waals surface area contributed by atoms with Gasteiger partial charge in [0.2, 0.25) is 5.76 Å². The molecule has 0 aromatic carbocycles. The molecule has 4 nitrogen and oxygen atoms in total. The normalized spacial score (nSPS) is 11.2. The molecule has 0 spiro atoms. The van der Waals surface area contributed by atoms with Crippen LogP contribution in [0.2, 0.25) is 0 Å². The van der Waals surface area contributed by atoms with E-state index in [1.807, 2.05) is 0 Å². The lowest BCUT2D eigenvalue weighted by Crippen LogP contribution is -2.11. The summed E-state index contributed by atoms with van der Waals surface area (Å²) in [5.41, 5.74) is -0.813. The number of aldehydes is 1. The second-order valence-corrected chi connectivity index (χ2v) is 2.50. The van der Waals surface area contributed by atoms with Gasteiger partial charge in [-0.15, -0.1) is 0 Å². The minimum atomic E-state index is -4.84. The molecule has 0 aliphatic rings. The number of alkyl halides is 3. The number of furan rings is 1. The number of ether oxygens (including phenoxy) is 1. The van der Waals surface area contributed by atoms with Crippen LogP contribution in [0.25, 0.3) is 0 Å². The Morgan fingerprint density at radius 1 is 1.53 bits per heavy atom. The predicted molar refractivity (Wildman–Crippen MR) is 40.4 cm³/mol. The van der Waals surface area contributed by atoms with Crippen molar-refractivity contribution in [2.24, 2.45) is 0 Å². The second-order valence-electron chi connectivity index (χ2n) is 2.50. The molecule has 0 atom stereocenters. The Balaban J connectivity index is 3.30. The molecule has 0 N–H and O–H groups in total. The van der Waals surface area contributed by atoms with E-state index in [0.29, 0.717) is 6.07 Å². The molecule has 0 radical (unpaired) electrons. The molecule has 1 aromatic heterocycles. The number of carbonyl (C=O) groups excluding carboxylic acids is 2. The summed E-state index contributed by atoms with van der Waals surface area (Å²) in [6, 6.07) is 0.682. The lowest BCUT2D eigenvalue weighted by atomic mass is 10.2. The lowest BCUT2D eigenvalue weighted by Gasteiger charge is -2.03. The van der Waals surface area contributed by atoms with Gasteiger partial charge in [0.1, 0.15) is 5.56 Å². The largest absolute Gasteiger partial charge is 0.465 e. The number of esters is 1. The maximum Gasteiger partial charge on any atom is 0.450 e. The van der Waals surface area contributed by atoms with Crippen LogP contribution in [0.3, 0.4) is 0 Å². The third-order valence-electron chi connectivity index (χ3n) is 1.53. The third-order valence-corrected chi connectivity index (χ3v) is 1.53. The van der Waals surface area contributed by atoms with Crippen molar-refractivity contribution in [3.8, 4) is 0 Å². The maximum atomic E-state index is 12.3. The highest BCUT2D eigenvalue weighted by atomic mass is 19.4. The van der Waals surface area contributed by atoms with E-state index in [9.17, 15) is 22.8 Å². The van der Waals surface area contributed by atoms with Crippen LogP contribution in [0.4, 0.5) is 13.2 Å². The topological polar surface area (TPSA) is 56.5 Å². The van der Waals surface area contributed by atoms with Crippen molar-refractivity contribution in [2.75, 3.05) is 7.11 Å². The number of halogens is 3. The van der Waals surface area contributed by atoms with Gasteiger partial charge < -0.3 is 9.15 Å². The third kappa shape index (κ3) is 2.17. The molecule has 0 fully saturated rings. The van der Waals surface area contributed by atoms with Gasteiger partial charge in [-0.05, 0) is 0 Å². The summed E-state index contributed by atoms with van der Waals surface area (Å²) in [7, 11) is 0.927. The second kappa shape index (κ2) is 3.76. The van der Waals surface area contributed by atoms with Crippen LogP contribution in [0.15, 0.2) is 10.5 Å². The standard InChI is InChI=1S/C8H5F3O4/c1-14-7(13)5-2-4(3-12)15-6(5)8(9,10)11/h2-3H,1H3. The zero-order valence-corrected chi connectivity index (χ0v) is 7.42. The molecule has 1 aromatic rings. The van der Waals surface area contributed by atoms with E-state index in [1.54, 1.807) is 0 Å². The Labute approximate surface area is 81.6 Å². The van der Waals surface area contributed by atoms with Crippen molar-refractivity contribution in [1.29, 1.82) is 0 Å². The predicted octanol–water partition coefficient (Wildman–Crippen LogP) is 1.90. The average Bonchev–Trinajstić information content (AvgIpc) is 2.59. The van der Waals surface area contributed by atoms with Crippen LogP contribution in [-0.4, -0.2) is 19.4 Å². The van der Waals surface area contributed by atoms with Crippen molar-refractivity contribution in [2.45, 2.75) is 6.18 Å². The van der Waals surface area contributed by atoms with Crippen molar-refractivity contribution >= 4 is 12.3 Å². The molecule has 0 saturated carbocycles. The van der Waals surface area contributed by atoms with Gasteiger partial charge in [0.05, 0.1) is 7.11 Å². The van der Waals surface area contributed by atoms with Crippen LogP contribution in [0.1, 0.15) is 26.7 Å². The summed E-state index contributed by atoms with van der Waals surface area (Å²) in [6.45, 7) is 0. The highest BCUT2D eigenvalue weighted by molar-refractivity contribution is 5.92. The smallest absolute Gasteiger partial charge is 0.450 e. The molecule has 82 valence electrons. The summed E-state index contributed by atoms with van der Waals surface area (Å²) in [5, 5.41) is 0. The van der Waals surface area contributed by atoms with E-state index in [4.69, 9.17) is 0 Å². The Bertz CT molecular complexity index is 391. The Morgan fingerprint density at radius 2 is 2.13 bits per heavy atom. The number of hydrogen-bond acceptors (Lipinski definition) is 4. The molecule has 0 bridgehead atoms. The van der Waals surface area contributed by atoms with Gasteiger partial charge >= 0.3 is 12.1 Å². The van der Waals surface area contributed by atoms with E-state index in [-0.39, 0.29) is 6.29 Å². The van der Waals surface area contributed by atoms with Crippen LogP contribution >= 0.6 is 0 Å². The van der Waals surface area contributed by atoms with Crippen molar-refractivity contribution in [3.63, 3.8) is 0 Å². The van der Waals surface area contributed by atoms with Crippen LogP contribution in [0.5, 0.6) is 0 Å². The Morgan fingerprint density at radius 3 is 2.53 bits per heavy atom. The molecule has 1 rings (SSSR count). The highest BCUT2D eigenvalue weighted by Gasteiger charge is 2.40. The molecule has 0 amide bonds. The monoisotopic (exact) mass is 222 g/mol. The molecule has 0 saturated heterocycles. The van der Waals surface area contributed by atoms with Gasteiger partial charge in [0.25, 0.3) is 0 Å². The first-order valence-corrected chi connectivity index (χ1v) is 3.64. The average molecular weight is 222 g/mol. The number of methoxy groups -OCH3 is 1. The van der Waals surface area contributed by atoms with Gasteiger partial charge in [0, 0.05) is 6.07 Å². The SMILES string of the molecule is COC(=O)c1cc(C=O)oc1C(F)(F)F. The van der Waals surface area contributed by atoms with Gasteiger partial charge in [-0.1, -0.05) is 0 Å². The molecular formula is C8H5F3O4. The summed E-state index contributed by atoms with van der Waals surface area (Å²) < 4.78 is 45.1. The summed E-state index contributed by atoms with van der Waals surface area (Å²) in [6.07, 6.45) is -4.77. The highest BCUT2D eigenvalue weighted by Crippen LogP contribution is 2.34. The fourth-order valence-electron chi connectivity index (χ4n) is 0.940. The molecular weight excluding hydrogens is 217 g/mol. The molecule has 15 heavy (non-hydrogen) atoms. The first-order valence-electron chi connectivity index (χ1n) is 3.64. The number of hydrogen-bond donors (Lipinski definition) is 0. The number of rotatable bonds is 2. The first-order chi connectivity index (χ1) is 6.90. The van der Waals surface area contributed by atoms with Gasteiger partial charge in [-0.25, -0.2) is 4.79 Å². The number of carbonyl (C=O) groups is 2.